The van der Waals surface area contributed by atoms with Crippen molar-refractivity contribution in [2.75, 3.05) is 37.6 Å². The molecule has 0 bridgehead atoms. The molecule has 1 atom stereocenters. The van der Waals surface area contributed by atoms with Crippen molar-refractivity contribution in [3.05, 3.63) is 65.2 Å². The van der Waals surface area contributed by atoms with E-state index in [1.807, 2.05) is 0 Å². The molecule has 1 saturated heterocycles. The predicted molar refractivity (Wildman–Crippen MR) is 102 cm³/mol. The molecule has 2 aliphatic rings. The van der Waals surface area contributed by atoms with Crippen molar-refractivity contribution in [3.63, 3.8) is 0 Å². The summed E-state index contributed by atoms with van der Waals surface area (Å²) in [5.41, 5.74) is 5.93. The van der Waals surface area contributed by atoms with E-state index in [0.717, 1.165) is 19.0 Å². The van der Waals surface area contributed by atoms with Crippen LogP contribution in [0.25, 0.3) is 0 Å². The maximum absolute atomic E-state index is 2.66. The quantitative estimate of drug-likeness (QED) is 0.831. The molecule has 126 valence electrons. The van der Waals surface area contributed by atoms with Gasteiger partial charge in [0.25, 0.3) is 0 Å². The molecular formula is C22H28N2. The van der Waals surface area contributed by atoms with Gasteiger partial charge in [-0.3, -0.25) is 4.90 Å². The first kappa shape index (κ1) is 15.7. The van der Waals surface area contributed by atoms with Gasteiger partial charge in [-0.25, -0.2) is 0 Å². The molecule has 2 nitrogen and oxygen atoms in total. The van der Waals surface area contributed by atoms with Gasteiger partial charge in [0.1, 0.15) is 0 Å². The minimum absolute atomic E-state index is 0.788. The zero-order valence-electron chi connectivity index (χ0n) is 14.7. The highest BCUT2D eigenvalue weighted by Gasteiger charge is 2.23. The minimum atomic E-state index is 0.788. The van der Waals surface area contributed by atoms with Crippen molar-refractivity contribution in [2.45, 2.75) is 32.1 Å². The number of rotatable bonds is 4. The molecule has 0 radical (unpaired) electrons. The summed E-state index contributed by atoms with van der Waals surface area (Å²) in [5.74, 6) is 0.788. The van der Waals surface area contributed by atoms with Crippen LogP contribution in [0.2, 0.25) is 0 Å². The molecule has 4 rings (SSSR count). The Labute approximate surface area is 146 Å². The minimum Gasteiger partial charge on any atom is -0.369 e. The van der Waals surface area contributed by atoms with E-state index in [0.29, 0.717) is 0 Å². The summed E-state index contributed by atoms with van der Waals surface area (Å²) in [6.07, 6.45) is 3.95. The monoisotopic (exact) mass is 320 g/mol. The fraction of sp³-hybridized carbons (Fsp3) is 0.455. The molecule has 0 N–H and O–H groups in total. The molecule has 1 aliphatic carbocycles. The van der Waals surface area contributed by atoms with Crippen molar-refractivity contribution in [3.8, 4) is 0 Å². The van der Waals surface area contributed by atoms with Gasteiger partial charge in [0.2, 0.25) is 0 Å². The van der Waals surface area contributed by atoms with Crippen LogP contribution in [-0.4, -0.2) is 37.6 Å². The zero-order valence-corrected chi connectivity index (χ0v) is 14.7. The first-order valence-corrected chi connectivity index (χ1v) is 9.41. The molecule has 1 unspecified atom stereocenters. The Morgan fingerprint density at radius 2 is 1.67 bits per heavy atom. The van der Waals surface area contributed by atoms with Crippen LogP contribution in [0.3, 0.4) is 0 Å². The van der Waals surface area contributed by atoms with Gasteiger partial charge in [-0.15, -0.1) is 0 Å². The lowest BCUT2D eigenvalue weighted by molar-refractivity contribution is 0.248. The average molecular weight is 320 g/mol. The van der Waals surface area contributed by atoms with E-state index in [1.165, 1.54) is 50.1 Å². The Morgan fingerprint density at radius 1 is 0.917 bits per heavy atom. The summed E-state index contributed by atoms with van der Waals surface area (Å²) < 4.78 is 0. The fourth-order valence-corrected chi connectivity index (χ4v) is 4.27. The van der Waals surface area contributed by atoms with Crippen LogP contribution in [0.1, 0.15) is 35.4 Å². The lowest BCUT2D eigenvalue weighted by Crippen LogP contribution is -2.46. The molecule has 0 spiro atoms. The Kier molecular flexibility index (Phi) is 4.57. The highest BCUT2D eigenvalue weighted by atomic mass is 15.3. The number of aryl methyl sites for hydroxylation is 2. The van der Waals surface area contributed by atoms with E-state index < -0.39 is 0 Å². The van der Waals surface area contributed by atoms with Gasteiger partial charge in [-0.2, -0.15) is 0 Å². The van der Waals surface area contributed by atoms with Crippen molar-refractivity contribution < 1.29 is 0 Å². The standard InChI is InChI=1S/C22H28N2/c1-18-6-10-21(11-7-18)24-16-14-23(15-17-24)13-12-20-9-8-19-4-2-3-5-22(19)20/h2-7,10-11,20H,8-9,12-17H2,1H3. The summed E-state index contributed by atoms with van der Waals surface area (Å²) >= 11 is 0. The molecule has 1 fully saturated rings. The van der Waals surface area contributed by atoms with Crippen LogP contribution in [-0.2, 0) is 6.42 Å². The molecule has 1 aliphatic heterocycles. The summed E-state index contributed by atoms with van der Waals surface area (Å²) in [5, 5.41) is 0. The topological polar surface area (TPSA) is 6.48 Å². The van der Waals surface area contributed by atoms with Crippen LogP contribution in [0.15, 0.2) is 48.5 Å². The number of fused-ring (bicyclic) bond motifs is 1. The molecule has 0 saturated carbocycles. The van der Waals surface area contributed by atoms with Gasteiger partial charge in [0, 0.05) is 31.9 Å². The molecular weight excluding hydrogens is 292 g/mol. The van der Waals surface area contributed by atoms with Gasteiger partial charge < -0.3 is 4.90 Å². The maximum atomic E-state index is 2.66. The van der Waals surface area contributed by atoms with Crippen LogP contribution in [0.5, 0.6) is 0 Å². The normalized spacial score (nSPS) is 21.0. The smallest absolute Gasteiger partial charge is 0.0367 e. The highest BCUT2D eigenvalue weighted by Crippen LogP contribution is 2.35. The molecule has 24 heavy (non-hydrogen) atoms. The van der Waals surface area contributed by atoms with Crippen molar-refractivity contribution in [2.24, 2.45) is 0 Å². The third-order valence-electron chi connectivity index (χ3n) is 5.82. The van der Waals surface area contributed by atoms with Crippen LogP contribution in [0, 0.1) is 6.92 Å². The second-order valence-corrected chi connectivity index (χ2v) is 7.39. The van der Waals surface area contributed by atoms with E-state index >= 15 is 0 Å². The molecule has 0 aromatic heterocycles. The molecule has 2 heteroatoms. The molecule has 1 heterocycles. The second-order valence-electron chi connectivity index (χ2n) is 7.39. The molecule has 2 aromatic rings. The number of anilines is 1. The van der Waals surface area contributed by atoms with E-state index in [9.17, 15) is 0 Å². The number of nitrogens with zero attached hydrogens (tertiary/aromatic N) is 2. The van der Waals surface area contributed by atoms with Crippen molar-refractivity contribution in [1.29, 1.82) is 0 Å². The number of hydrogen-bond acceptors (Lipinski definition) is 2. The average Bonchev–Trinajstić information content (AvgIpc) is 3.04. The SMILES string of the molecule is Cc1ccc(N2CCN(CCC3CCc4ccccc43)CC2)cc1. The Balaban J connectivity index is 1.27. The van der Waals surface area contributed by atoms with Crippen molar-refractivity contribution in [1.82, 2.24) is 4.90 Å². The number of piperazine rings is 1. The van der Waals surface area contributed by atoms with Crippen LogP contribution >= 0.6 is 0 Å². The first-order valence-electron chi connectivity index (χ1n) is 9.41. The zero-order chi connectivity index (χ0) is 16.4. The highest BCUT2D eigenvalue weighted by molar-refractivity contribution is 5.47. The first-order chi connectivity index (χ1) is 11.8. The van der Waals surface area contributed by atoms with E-state index in [-0.39, 0.29) is 0 Å². The van der Waals surface area contributed by atoms with Gasteiger partial charge in [-0.1, -0.05) is 42.0 Å². The van der Waals surface area contributed by atoms with Crippen molar-refractivity contribution >= 4 is 5.69 Å². The predicted octanol–water partition coefficient (Wildman–Crippen LogP) is 4.24. The maximum Gasteiger partial charge on any atom is 0.0367 e. The molecule has 2 aromatic carbocycles. The third kappa shape index (κ3) is 3.34. The largest absolute Gasteiger partial charge is 0.369 e. The second kappa shape index (κ2) is 6.98. The van der Waals surface area contributed by atoms with Gasteiger partial charge >= 0.3 is 0 Å². The number of hydrogen-bond donors (Lipinski definition) is 0. The summed E-state index contributed by atoms with van der Waals surface area (Å²) in [6, 6.07) is 18.0. The Morgan fingerprint density at radius 3 is 2.46 bits per heavy atom. The fourth-order valence-electron chi connectivity index (χ4n) is 4.27. The Bertz CT molecular complexity index is 669. The molecule has 0 amide bonds. The van der Waals surface area contributed by atoms with E-state index in [4.69, 9.17) is 0 Å². The van der Waals surface area contributed by atoms with Gasteiger partial charge in [0.15, 0.2) is 0 Å². The summed E-state index contributed by atoms with van der Waals surface area (Å²) in [6.45, 7) is 8.11. The summed E-state index contributed by atoms with van der Waals surface area (Å²) in [4.78, 5) is 5.19. The van der Waals surface area contributed by atoms with E-state index in [2.05, 4.69) is 65.3 Å². The number of benzene rings is 2. The van der Waals surface area contributed by atoms with Gasteiger partial charge in [0.05, 0.1) is 0 Å². The lowest BCUT2D eigenvalue weighted by atomic mass is 9.97. The van der Waals surface area contributed by atoms with Crippen LogP contribution < -0.4 is 4.90 Å². The summed E-state index contributed by atoms with van der Waals surface area (Å²) in [7, 11) is 0. The third-order valence-corrected chi connectivity index (χ3v) is 5.82. The van der Waals surface area contributed by atoms with Crippen LogP contribution in [0.4, 0.5) is 5.69 Å². The van der Waals surface area contributed by atoms with Gasteiger partial charge in [-0.05, 0) is 61.9 Å². The lowest BCUT2D eigenvalue weighted by Gasteiger charge is -2.36. The van der Waals surface area contributed by atoms with E-state index in [1.54, 1.807) is 11.1 Å². The Hall–Kier alpha value is -1.80.